The maximum atomic E-state index is 15.1. The fourth-order valence-corrected chi connectivity index (χ4v) is 5.40. The van der Waals surface area contributed by atoms with E-state index in [1.54, 1.807) is 48.2 Å². The lowest BCUT2D eigenvalue weighted by molar-refractivity contribution is -0.139. The Morgan fingerprint density at radius 3 is 2.40 bits per heavy atom. The van der Waals surface area contributed by atoms with Crippen molar-refractivity contribution in [2.45, 2.75) is 13.3 Å². The zero-order valence-corrected chi connectivity index (χ0v) is 22.5. The molecule has 9 nitrogen and oxygen atoms in total. The van der Waals surface area contributed by atoms with Crippen LogP contribution < -0.4 is 16.2 Å². The Morgan fingerprint density at radius 1 is 0.975 bits per heavy atom. The van der Waals surface area contributed by atoms with E-state index >= 15 is 4.39 Å². The number of pyridine rings is 1. The predicted octanol–water partition coefficient (Wildman–Crippen LogP) is 3.71. The third-order valence-corrected chi connectivity index (χ3v) is 7.73. The van der Waals surface area contributed by atoms with Crippen molar-refractivity contribution in [2.75, 3.05) is 36.9 Å². The van der Waals surface area contributed by atoms with E-state index in [2.05, 4.69) is 10.6 Å². The monoisotopic (exact) mass is 566 g/mol. The van der Waals surface area contributed by atoms with Crippen LogP contribution >= 0.6 is 11.6 Å². The molecule has 3 aromatic rings. The second-order valence-electron chi connectivity index (χ2n) is 10.1. The van der Waals surface area contributed by atoms with Gasteiger partial charge in [0, 0.05) is 48.7 Å². The molecule has 2 aliphatic rings. The molecule has 1 aliphatic carbocycles. The van der Waals surface area contributed by atoms with Gasteiger partial charge < -0.3 is 20.3 Å². The molecule has 0 radical (unpaired) electrons. The number of benzene rings is 2. The third kappa shape index (κ3) is 5.37. The normalized spacial score (nSPS) is 22.2. The van der Waals surface area contributed by atoms with Crippen molar-refractivity contribution < 1.29 is 23.5 Å². The second-order valence-corrected chi connectivity index (χ2v) is 10.5. The summed E-state index contributed by atoms with van der Waals surface area (Å²) in [6.07, 6.45) is 2.15. The summed E-state index contributed by atoms with van der Waals surface area (Å²) in [6, 6.07) is 15.0. The zero-order valence-electron chi connectivity index (χ0n) is 21.7. The quantitative estimate of drug-likeness (QED) is 0.473. The minimum atomic E-state index is -1.33. The van der Waals surface area contributed by atoms with Gasteiger partial charge in [0.1, 0.15) is 5.82 Å². The van der Waals surface area contributed by atoms with Crippen molar-refractivity contribution in [1.29, 1.82) is 0 Å². The van der Waals surface area contributed by atoms with E-state index in [0.29, 0.717) is 43.4 Å². The number of aromatic nitrogens is 1. The molecular formula is C29H28ClFN4O5. The number of hydrogen-bond donors (Lipinski definition) is 2. The smallest absolute Gasteiger partial charge is 0.255 e. The topological polar surface area (TPSA) is 110 Å². The molecule has 1 saturated heterocycles. The molecule has 1 aromatic heterocycles. The van der Waals surface area contributed by atoms with Crippen LogP contribution in [0.25, 0.3) is 5.69 Å². The van der Waals surface area contributed by atoms with Crippen LogP contribution in [-0.4, -0.2) is 53.5 Å². The molecular weight excluding hydrogens is 539 g/mol. The van der Waals surface area contributed by atoms with Crippen molar-refractivity contribution in [1.82, 2.24) is 9.47 Å². The lowest BCUT2D eigenvalue weighted by Gasteiger charge is -2.24. The van der Waals surface area contributed by atoms with Gasteiger partial charge in [0.15, 0.2) is 0 Å². The summed E-state index contributed by atoms with van der Waals surface area (Å²) >= 11 is 5.94. The van der Waals surface area contributed by atoms with Crippen LogP contribution in [0.5, 0.6) is 0 Å². The van der Waals surface area contributed by atoms with Crippen LogP contribution in [0.3, 0.4) is 0 Å². The number of hydrogen-bond acceptors (Lipinski definition) is 5. The van der Waals surface area contributed by atoms with E-state index in [1.807, 2.05) is 0 Å². The number of carbonyl (C=O) groups is 3. The van der Waals surface area contributed by atoms with Crippen LogP contribution in [0.2, 0.25) is 5.02 Å². The SMILES string of the molecule is C[C@@]1(C(=O)N2CCCOCC2)[C@H](C(=O)Nc2ccc(Cl)cc2)[C@@H]1C(=O)Nc1ccc(-n2ccccc2=O)cc1F. The van der Waals surface area contributed by atoms with Gasteiger partial charge in [-0.25, -0.2) is 4.39 Å². The largest absolute Gasteiger partial charge is 0.380 e. The summed E-state index contributed by atoms with van der Waals surface area (Å²) in [7, 11) is 0. The standard InChI is InChI=1S/C29H28ClFN4O5/c1-29(28(39)34-12-4-15-40-16-14-34)24(26(37)32-19-8-6-18(30)7-9-19)25(29)27(38)33-22-11-10-20(17-21(22)31)35-13-3-2-5-23(35)36/h2-3,5-11,13,17,24-25H,4,12,14-16H2,1H3,(H,32,37)(H,33,38)/t24-,25+,29+/m0/s1. The number of nitrogens with zero attached hydrogens (tertiary/aromatic N) is 2. The molecule has 1 saturated carbocycles. The number of anilines is 2. The molecule has 0 unspecified atom stereocenters. The molecule has 0 spiro atoms. The molecule has 3 atom stereocenters. The summed E-state index contributed by atoms with van der Waals surface area (Å²) in [5, 5.41) is 5.82. The van der Waals surface area contributed by atoms with E-state index in [1.165, 1.54) is 29.0 Å². The van der Waals surface area contributed by atoms with Gasteiger partial charge in [0.05, 0.1) is 35.2 Å². The number of halogens is 2. The summed E-state index contributed by atoms with van der Waals surface area (Å²) in [5.74, 6) is -4.25. The summed E-state index contributed by atoms with van der Waals surface area (Å²) in [5.41, 5.74) is -1.04. The van der Waals surface area contributed by atoms with E-state index in [4.69, 9.17) is 16.3 Å². The van der Waals surface area contributed by atoms with Crippen LogP contribution in [0.15, 0.2) is 71.7 Å². The van der Waals surface area contributed by atoms with Crippen LogP contribution in [-0.2, 0) is 19.1 Å². The number of carbonyl (C=O) groups excluding carboxylic acids is 3. The second kappa shape index (κ2) is 11.2. The first-order chi connectivity index (χ1) is 19.2. The molecule has 2 fully saturated rings. The summed E-state index contributed by atoms with van der Waals surface area (Å²) in [4.78, 5) is 54.3. The van der Waals surface area contributed by atoms with Crippen LogP contribution in [0.4, 0.5) is 15.8 Å². The minimum absolute atomic E-state index is 0.125. The van der Waals surface area contributed by atoms with Crippen molar-refractivity contribution in [3.8, 4) is 5.69 Å². The molecule has 2 aromatic carbocycles. The number of rotatable bonds is 6. The predicted molar refractivity (Wildman–Crippen MR) is 148 cm³/mol. The average Bonchev–Trinajstić information content (AvgIpc) is 3.66. The van der Waals surface area contributed by atoms with Gasteiger partial charge in [0.25, 0.3) is 5.56 Å². The maximum Gasteiger partial charge on any atom is 0.255 e. The van der Waals surface area contributed by atoms with Crippen LogP contribution in [0.1, 0.15) is 13.3 Å². The van der Waals surface area contributed by atoms with Gasteiger partial charge in [-0.05, 0) is 55.8 Å². The molecule has 2 heterocycles. The Balaban J connectivity index is 1.39. The zero-order chi connectivity index (χ0) is 28.4. The van der Waals surface area contributed by atoms with E-state index in [-0.39, 0.29) is 22.8 Å². The third-order valence-electron chi connectivity index (χ3n) is 7.47. The van der Waals surface area contributed by atoms with Crippen molar-refractivity contribution in [3.05, 3.63) is 88.1 Å². The van der Waals surface area contributed by atoms with Crippen molar-refractivity contribution >= 4 is 40.7 Å². The lowest BCUT2D eigenvalue weighted by atomic mass is 10.0. The van der Waals surface area contributed by atoms with Gasteiger partial charge in [-0.1, -0.05) is 17.7 Å². The number of amides is 3. The molecule has 11 heteroatoms. The van der Waals surface area contributed by atoms with Gasteiger partial charge in [-0.2, -0.15) is 0 Å². The highest BCUT2D eigenvalue weighted by Gasteiger charge is 2.73. The average molecular weight is 567 g/mol. The van der Waals surface area contributed by atoms with E-state index < -0.39 is 34.9 Å². The molecule has 3 amide bonds. The first kappa shape index (κ1) is 27.5. The summed E-state index contributed by atoms with van der Waals surface area (Å²) < 4.78 is 21.8. The van der Waals surface area contributed by atoms with E-state index in [9.17, 15) is 19.2 Å². The Hall–Kier alpha value is -4.02. The van der Waals surface area contributed by atoms with Gasteiger partial charge in [-0.3, -0.25) is 23.7 Å². The van der Waals surface area contributed by atoms with Crippen LogP contribution in [0, 0.1) is 23.1 Å². The van der Waals surface area contributed by atoms with E-state index in [0.717, 1.165) is 6.07 Å². The Bertz CT molecular complexity index is 1500. The summed E-state index contributed by atoms with van der Waals surface area (Å²) in [6.45, 7) is 3.28. The molecule has 1 aliphatic heterocycles. The lowest BCUT2D eigenvalue weighted by Crippen LogP contribution is -2.40. The highest BCUT2D eigenvalue weighted by Crippen LogP contribution is 2.60. The molecule has 5 rings (SSSR count). The minimum Gasteiger partial charge on any atom is -0.380 e. The molecule has 40 heavy (non-hydrogen) atoms. The van der Waals surface area contributed by atoms with Crippen molar-refractivity contribution in [3.63, 3.8) is 0 Å². The van der Waals surface area contributed by atoms with Gasteiger partial charge in [-0.15, -0.1) is 0 Å². The fourth-order valence-electron chi connectivity index (χ4n) is 5.28. The number of ether oxygens (including phenoxy) is 1. The van der Waals surface area contributed by atoms with Gasteiger partial charge in [0.2, 0.25) is 17.7 Å². The Morgan fingerprint density at radius 2 is 1.70 bits per heavy atom. The first-order valence-electron chi connectivity index (χ1n) is 12.9. The first-order valence-corrected chi connectivity index (χ1v) is 13.3. The molecule has 0 bridgehead atoms. The molecule has 208 valence electrons. The fraction of sp³-hybridized carbons (Fsp3) is 0.310. The van der Waals surface area contributed by atoms with Gasteiger partial charge >= 0.3 is 0 Å². The highest BCUT2D eigenvalue weighted by molar-refractivity contribution is 6.30. The molecule has 2 N–H and O–H groups in total. The Labute approximate surface area is 234 Å². The Kier molecular flexibility index (Phi) is 7.73. The van der Waals surface area contributed by atoms with Crippen molar-refractivity contribution in [2.24, 2.45) is 17.3 Å². The number of nitrogens with one attached hydrogen (secondary N) is 2. The highest BCUT2D eigenvalue weighted by atomic mass is 35.5. The maximum absolute atomic E-state index is 15.1.